The summed E-state index contributed by atoms with van der Waals surface area (Å²) in [6.45, 7) is 0.429. The lowest BCUT2D eigenvalue weighted by molar-refractivity contribution is 0.0954. The van der Waals surface area contributed by atoms with Gasteiger partial charge in [0.15, 0.2) is 9.84 Å². The number of halogens is 1. The van der Waals surface area contributed by atoms with Gasteiger partial charge >= 0.3 is 0 Å². The van der Waals surface area contributed by atoms with E-state index in [1.165, 1.54) is 12.1 Å². The average molecular weight is 391 g/mol. The van der Waals surface area contributed by atoms with Crippen molar-refractivity contribution in [3.05, 3.63) is 59.5 Å². The predicted molar refractivity (Wildman–Crippen MR) is 102 cm³/mol. The van der Waals surface area contributed by atoms with Gasteiger partial charge in [-0.25, -0.2) is 17.8 Å². The van der Waals surface area contributed by atoms with Crippen LogP contribution in [0.25, 0.3) is 0 Å². The fraction of sp³-hybridized carbons (Fsp3) is 0.368. The Morgan fingerprint density at radius 2 is 2.04 bits per heavy atom. The first-order chi connectivity index (χ1) is 12.8. The minimum absolute atomic E-state index is 0.110. The Labute approximate surface area is 158 Å². The third-order valence-electron chi connectivity index (χ3n) is 4.74. The van der Waals surface area contributed by atoms with Crippen molar-refractivity contribution < 1.29 is 17.6 Å². The van der Waals surface area contributed by atoms with Crippen molar-refractivity contribution in [1.82, 2.24) is 10.3 Å². The van der Waals surface area contributed by atoms with E-state index in [1.54, 1.807) is 37.5 Å². The van der Waals surface area contributed by atoms with E-state index in [4.69, 9.17) is 0 Å². The van der Waals surface area contributed by atoms with E-state index < -0.39 is 9.84 Å². The number of aromatic nitrogens is 1. The number of sulfone groups is 1. The number of anilines is 1. The molecule has 2 heterocycles. The molecule has 6 nitrogen and oxygen atoms in total. The molecule has 1 aliphatic heterocycles. The highest BCUT2D eigenvalue weighted by molar-refractivity contribution is 7.91. The van der Waals surface area contributed by atoms with Crippen LogP contribution in [0.2, 0.25) is 0 Å². The molecule has 0 saturated carbocycles. The average Bonchev–Trinajstić information content (AvgIpc) is 3.02. The summed E-state index contributed by atoms with van der Waals surface area (Å²) in [5, 5.41) is 2.84. The topological polar surface area (TPSA) is 79.4 Å². The van der Waals surface area contributed by atoms with E-state index in [1.807, 2.05) is 4.90 Å². The van der Waals surface area contributed by atoms with Gasteiger partial charge in [0.05, 0.1) is 11.5 Å². The maximum Gasteiger partial charge on any atom is 0.251 e. The summed E-state index contributed by atoms with van der Waals surface area (Å²) >= 11 is 0. The Hall–Kier alpha value is -2.48. The van der Waals surface area contributed by atoms with Crippen LogP contribution in [0.4, 0.5) is 10.2 Å². The second-order valence-electron chi connectivity index (χ2n) is 6.70. The molecule has 1 amide bonds. The first-order valence-electron chi connectivity index (χ1n) is 8.76. The van der Waals surface area contributed by atoms with Crippen molar-refractivity contribution in [2.24, 2.45) is 0 Å². The molecule has 1 aliphatic rings. The van der Waals surface area contributed by atoms with Crippen molar-refractivity contribution in [3.63, 3.8) is 0 Å². The Morgan fingerprint density at radius 1 is 1.30 bits per heavy atom. The summed E-state index contributed by atoms with van der Waals surface area (Å²) in [6.07, 6.45) is 2.71. The van der Waals surface area contributed by atoms with Crippen LogP contribution >= 0.6 is 0 Å². The van der Waals surface area contributed by atoms with Crippen molar-refractivity contribution >= 4 is 21.6 Å². The number of hydrogen-bond donors (Lipinski definition) is 1. The minimum atomic E-state index is -2.99. The summed E-state index contributed by atoms with van der Waals surface area (Å²) < 4.78 is 36.3. The van der Waals surface area contributed by atoms with E-state index in [0.717, 1.165) is 5.56 Å². The summed E-state index contributed by atoms with van der Waals surface area (Å²) in [4.78, 5) is 18.5. The number of rotatable bonds is 6. The number of carbonyl (C=O) groups is 1. The van der Waals surface area contributed by atoms with Gasteiger partial charge in [0.1, 0.15) is 11.6 Å². The minimum Gasteiger partial charge on any atom is -0.356 e. The van der Waals surface area contributed by atoms with E-state index >= 15 is 0 Å². The van der Waals surface area contributed by atoms with E-state index in [0.29, 0.717) is 30.8 Å². The standard InChI is InChI=1S/C19H22FN3O3S/c1-23(17-8-11-27(25,26)13-17)18-12-15(7-10-21-18)19(24)22-9-6-14-2-4-16(20)5-3-14/h2-5,7,10,12,17H,6,8-9,11,13H2,1H3,(H,22,24). The molecule has 3 rings (SSSR count). The zero-order valence-corrected chi connectivity index (χ0v) is 15.9. The molecule has 2 aromatic rings. The number of benzene rings is 1. The molecule has 0 radical (unpaired) electrons. The molecule has 1 N–H and O–H groups in total. The fourth-order valence-corrected chi connectivity index (χ4v) is 4.87. The maximum absolute atomic E-state index is 12.9. The van der Waals surface area contributed by atoms with E-state index in [9.17, 15) is 17.6 Å². The molecule has 1 aromatic carbocycles. The first-order valence-corrected chi connectivity index (χ1v) is 10.6. The molecule has 1 fully saturated rings. The first kappa shape index (κ1) is 19.3. The van der Waals surface area contributed by atoms with Gasteiger partial charge < -0.3 is 10.2 Å². The van der Waals surface area contributed by atoms with E-state index in [-0.39, 0.29) is 29.3 Å². The monoisotopic (exact) mass is 391 g/mol. The summed E-state index contributed by atoms with van der Waals surface area (Å²) in [7, 11) is -1.19. The molecule has 27 heavy (non-hydrogen) atoms. The number of amides is 1. The SMILES string of the molecule is CN(c1cc(C(=O)NCCc2ccc(F)cc2)ccn1)C1CCS(=O)(=O)C1. The van der Waals surface area contributed by atoms with Gasteiger partial charge in [-0.15, -0.1) is 0 Å². The lowest BCUT2D eigenvalue weighted by Crippen LogP contribution is -2.33. The molecule has 0 spiro atoms. The Balaban J connectivity index is 1.59. The Bertz CT molecular complexity index is 916. The molecule has 1 aromatic heterocycles. The second kappa shape index (κ2) is 8.04. The molecule has 1 saturated heterocycles. The van der Waals surface area contributed by atoms with Crippen LogP contribution < -0.4 is 10.2 Å². The molecule has 1 unspecified atom stereocenters. The van der Waals surface area contributed by atoms with Crippen molar-refractivity contribution in [1.29, 1.82) is 0 Å². The number of nitrogens with one attached hydrogen (secondary N) is 1. The summed E-state index contributed by atoms with van der Waals surface area (Å²) in [5.74, 6) is 0.355. The zero-order valence-electron chi connectivity index (χ0n) is 15.1. The molecule has 0 aliphatic carbocycles. The Morgan fingerprint density at radius 3 is 2.70 bits per heavy atom. The van der Waals surface area contributed by atoms with Gasteiger partial charge in [0.25, 0.3) is 5.91 Å². The third kappa shape index (κ3) is 5.03. The fourth-order valence-electron chi connectivity index (χ4n) is 3.09. The van der Waals surface area contributed by atoms with Crippen LogP contribution in [0.15, 0.2) is 42.6 Å². The largest absolute Gasteiger partial charge is 0.356 e. The smallest absolute Gasteiger partial charge is 0.251 e. The van der Waals surface area contributed by atoms with Crippen molar-refractivity contribution in [3.8, 4) is 0 Å². The molecular formula is C19H22FN3O3S. The van der Waals surface area contributed by atoms with Gasteiger partial charge in [-0.3, -0.25) is 4.79 Å². The maximum atomic E-state index is 12.9. The van der Waals surface area contributed by atoms with Crippen LogP contribution in [0.5, 0.6) is 0 Å². The van der Waals surface area contributed by atoms with Crippen LogP contribution in [0.3, 0.4) is 0 Å². The molecule has 8 heteroatoms. The highest BCUT2D eigenvalue weighted by atomic mass is 32.2. The normalized spacial score (nSPS) is 18.2. The summed E-state index contributed by atoms with van der Waals surface area (Å²) in [5.41, 5.74) is 1.40. The third-order valence-corrected chi connectivity index (χ3v) is 6.49. The zero-order chi connectivity index (χ0) is 19.4. The van der Waals surface area contributed by atoms with E-state index in [2.05, 4.69) is 10.3 Å². The molecule has 1 atom stereocenters. The van der Waals surface area contributed by atoms with Crippen LogP contribution in [-0.4, -0.2) is 50.4 Å². The molecule has 0 bridgehead atoms. The van der Waals surface area contributed by atoms with Gasteiger partial charge in [0.2, 0.25) is 0 Å². The highest BCUT2D eigenvalue weighted by Gasteiger charge is 2.31. The predicted octanol–water partition coefficient (Wildman–Crippen LogP) is 1.82. The van der Waals surface area contributed by atoms with Gasteiger partial charge in [0, 0.05) is 31.4 Å². The molecule has 144 valence electrons. The van der Waals surface area contributed by atoms with Crippen LogP contribution in [-0.2, 0) is 16.3 Å². The number of carbonyl (C=O) groups excluding carboxylic acids is 1. The number of nitrogens with zero attached hydrogens (tertiary/aromatic N) is 2. The molecular weight excluding hydrogens is 369 g/mol. The number of pyridine rings is 1. The van der Waals surface area contributed by atoms with Crippen molar-refractivity contribution in [2.45, 2.75) is 18.9 Å². The highest BCUT2D eigenvalue weighted by Crippen LogP contribution is 2.22. The van der Waals surface area contributed by atoms with Crippen LogP contribution in [0, 0.1) is 5.82 Å². The lowest BCUT2D eigenvalue weighted by atomic mass is 10.1. The van der Waals surface area contributed by atoms with Gasteiger partial charge in [-0.2, -0.15) is 0 Å². The van der Waals surface area contributed by atoms with Crippen LogP contribution in [0.1, 0.15) is 22.3 Å². The quantitative estimate of drug-likeness (QED) is 0.813. The second-order valence-corrected chi connectivity index (χ2v) is 8.93. The van der Waals surface area contributed by atoms with Crippen molar-refractivity contribution in [2.75, 3.05) is 30.0 Å². The Kier molecular flexibility index (Phi) is 5.74. The summed E-state index contributed by atoms with van der Waals surface area (Å²) in [6, 6.07) is 9.33. The number of hydrogen-bond acceptors (Lipinski definition) is 5. The lowest BCUT2D eigenvalue weighted by Gasteiger charge is -2.24. The van der Waals surface area contributed by atoms with Gasteiger partial charge in [-0.05, 0) is 42.7 Å². The van der Waals surface area contributed by atoms with Gasteiger partial charge in [-0.1, -0.05) is 12.1 Å².